The molecule has 86 valence electrons. The molecule has 0 heterocycles. The highest BCUT2D eigenvalue weighted by atomic mass is 16.3. The minimum absolute atomic E-state index is 0.489. The predicted octanol–water partition coefficient (Wildman–Crippen LogP) is 2.56. The van der Waals surface area contributed by atoms with Gasteiger partial charge >= 0.3 is 0 Å². The number of aliphatic hydroxyl groups is 1. The summed E-state index contributed by atoms with van der Waals surface area (Å²) in [6.07, 6.45) is 4.21. The molecule has 0 aliphatic rings. The summed E-state index contributed by atoms with van der Waals surface area (Å²) >= 11 is 0. The lowest BCUT2D eigenvalue weighted by Gasteiger charge is -2.26. The molecule has 2 heteroatoms. The summed E-state index contributed by atoms with van der Waals surface area (Å²) in [5.74, 6) is 0.636. The number of hydrogen-bond donors (Lipinski definition) is 2. The molecule has 0 saturated heterocycles. The van der Waals surface area contributed by atoms with Crippen LogP contribution in [0.4, 0.5) is 0 Å². The number of rotatable bonds is 8. The standard InChI is InChI=1S/C12H27NO/c1-5-7-11(3)10-12(4,14)8-9-13-6-2/h11,13-14H,5-10H2,1-4H3. The molecule has 0 aromatic rings. The van der Waals surface area contributed by atoms with E-state index in [9.17, 15) is 5.11 Å². The summed E-state index contributed by atoms with van der Waals surface area (Å²) in [7, 11) is 0. The third-order valence-corrected chi connectivity index (χ3v) is 2.66. The molecule has 2 N–H and O–H groups in total. The van der Waals surface area contributed by atoms with Gasteiger partial charge in [-0.05, 0) is 38.8 Å². The van der Waals surface area contributed by atoms with Crippen LogP contribution >= 0.6 is 0 Å². The molecule has 2 unspecified atom stereocenters. The van der Waals surface area contributed by atoms with Gasteiger partial charge in [0.15, 0.2) is 0 Å². The lowest BCUT2D eigenvalue weighted by molar-refractivity contribution is 0.0270. The molecule has 0 amide bonds. The Balaban J connectivity index is 3.69. The topological polar surface area (TPSA) is 32.3 Å². The largest absolute Gasteiger partial charge is 0.390 e. The number of hydrogen-bond acceptors (Lipinski definition) is 2. The average molecular weight is 201 g/mol. The first kappa shape index (κ1) is 13.9. The van der Waals surface area contributed by atoms with Gasteiger partial charge in [-0.25, -0.2) is 0 Å². The number of nitrogens with one attached hydrogen (secondary N) is 1. The second kappa shape index (κ2) is 7.24. The predicted molar refractivity (Wildman–Crippen MR) is 62.5 cm³/mol. The Hall–Kier alpha value is -0.0800. The van der Waals surface area contributed by atoms with Crippen LogP contribution in [0.5, 0.6) is 0 Å². The van der Waals surface area contributed by atoms with Crippen LogP contribution in [0.1, 0.15) is 53.4 Å². The molecule has 2 nitrogen and oxygen atoms in total. The van der Waals surface area contributed by atoms with Crippen molar-refractivity contribution in [3.63, 3.8) is 0 Å². The van der Waals surface area contributed by atoms with Crippen molar-refractivity contribution in [2.45, 2.75) is 59.0 Å². The van der Waals surface area contributed by atoms with E-state index >= 15 is 0 Å². The normalized spacial score (nSPS) is 17.8. The van der Waals surface area contributed by atoms with Crippen molar-refractivity contribution < 1.29 is 5.11 Å². The van der Waals surface area contributed by atoms with Gasteiger partial charge in [-0.3, -0.25) is 0 Å². The van der Waals surface area contributed by atoms with E-state index in [-0.39, 0.29) is 0 Å². The van der Waals surface area contributed by atoms with Crippen LogP contribution in [0, 0.1) is 5.92 Å². The Morgan fingerprint density at radius 2 is 2.00 bits per heavy atom. The fraction of sp³-hybridized carbons (Fsp3) is 1.00. The third kappa shape index (κ3) is 7.34. The van der Waals surface area contributed by atoms with Crippen molar-refractivity contribution in [2.24, 2.45) is 5.92 Å². The Morgan fingerprint density at radius 3 is 2.50 bits per heavy atom. The quantitative estimate of drug-likeness (QED) is 0.592. The molecule has 0 bridgehead atoms. The summed E-state index contributed by atoms with van der Waals surface area (Å²) in [5, 5.41) is 13.3. The molecule has 0 saturated carbocycles. The van der Waals surface area contributed by atoms with E-state index in [0.717, 1.165) is 25.9 Å². The van der Waals surface area contributed by atoms with Crippen LogP contribution in [0.25, 0.3) is 0 Å². The molecule has 0 aromatic heterocycles. The zero-order valence-corrected chi connectivity index (χ0v) is 10.3. The monoisotopic (exact) mass is 201 g/mol. The van der Waals surface area contributed by atoms with Crippen molar-refractivity contribution >= 4 is 0 Å². The summed E-state index contributed by atoms with van der Waals surface area (Å²) in [4.78, 5) is 0. The zero-order valence-electron chi connectivity index (χ0n) is 10.3. The highest BCUT2D eigenvalue weighted by Crippen LogP contribution is 2.22. The van der Waals surface area contributed by atoms with Crippen molar-refractivity contribution in [3.8, 4) is 0 Å². The van der Waals surface area contributed by atoms with Gasteiger partial charge < -0.3 is 10.4 Å². The SMILES string of the molecule is CCCC(C)CC(C)(O)CCNCC. The van der Waals surface area contributed by atoms with E-state index < -0.39 is 5.60 Å². The summed E-state index contributed by atoms with van der Waals surface area (Å²) < 4.78 is 0. The van der Waals surface area contributed by atoms with E-state index in [4.69, 9.17) is 0 Å². The van der Waals surface area contributed by atoms with Gasteiger partial charge in [-0.1, -0.05) is 33.6 Å². The molecule has 0 aromatic carbocycles. The van der Waals surface area contributed by atoms with Gasteiger partial charge in [0.2, 0.25) is 0 Å². The van der Waals surface area contributed by atoms with Crippen LogP contribution in [-0.2, 0) is 0 Å². The van der Waals surface area contributed by atoms with Crippen LogP contribution in [0.3, 0.4) is 0 Å². The molecule has 0 aliphatic heterocycles. The molecule has 0 spiro atoms. The molecule has 0 radical (unpaired) electrons. The van der Waals surface area contributed by atoms with Crippen molar-refractivity contribution in [3.05, 3.63) is 0 Å². The van der Waals surface area contributed by atoms with E-state index in [0.29, 0.717) is 5.92 Å². The highest BCUT2D eigenvalue weighted by molar-refractivity contribution is 4.76. The lowest BCUT2D eigenvalue weighted by atomic mass is 9.88. The van der Waals surface area contributed by atoms with Gasteiger partial charge in [-0.15, -0.1) is 0 Å². The molecule has 14 heavy (non-hydrogen) atoms. The Labute approximate surface area is 89.1 Å². The van der Waals surface area contributed by atoms with E-state index in [1.54, 1.807) is 0 Å². The van der Waals surface area contributed by atoms with E-state index in [1.165, 1.54) is 12.8 Å². The smallest absolute Gasteiger partial charge is 0.0634 e. The van der Waals surface area contributed by atoms with Crippen LogP contribution in [0.15, 0.2) is 0 Å². The van der Waals surface area contributed by atoms with Crippen LogP contribution < -0.4 is 5.32 Å². The summed E-state index contributed by atoms with van der Waals surface area (Å²) in [6, 6.07) is 0. The van der Waals surface area contributed by atoms with E-state index in [2.05, 4.69) is 26.1 Å². The van der Waals surface area contributed by atoms with Crippen molar-refractivity contribution in [1.82, 2.24) is 5.32 Å². The minimum Gasteiger partial charge on any atom is -0.390 e. The Morgan fingerprint density at radius 1 is 1.36 bits per heavy atom. The second-order valence-corrected chi connectivity index (χ2v) is 4.70. The van der Waals surface area contributed by atoms with E-state index in [1.807, 2.05) is 6.92 Å². The molecular formula is C12H27NO. The highest BCUT2D eigenvalue weighted by Gasteiger charge is 2.22. The second-order valence-electron chi connectivity index (χ2n) is 4.70. The summed E-state index contributed by atoms with van der Waals surface area (Å²) in [6.45, 7) is 10.4. The Bertz CT molecular complexity index is 134. The third-order valence-electron chi connectivity index (χ3n) is 2.66. The van der Waals surface area contributed by atoms with Gasteiger partial charge in [0.1, 0.15) is 0 Å². The minimum atomic E-state index is -0.489. The lowest BCUT2D eigenvalue weighted by Crippen LogP contribution is -2.31. The fourth-order valence-corrected chi connectivity index (χ4v) is 1.98. The maximum Gasteiger partial charge on any atom is 0.0634 e. The van der Waals surface area contributed by atoms with Gasteiger partial charge in [0, 0.05) is 0 Å². The zero-order chi connectivity index (χ0) is 11.0. The Kier molecular flexibility index (Phi) is 7.20. The molecule has 2 atom stereocenters. The first-order chi connectivity index (χ1) is 6.52. The first-order valence-corrected chi connectivity index (χ1v) is 5.95. The van der Waals surface area contributed by atoms with Crippen molar-refractivity contribution in [1.29, 1.82) is 0 Å². The molecule has 0 rings (SSSR count). The van der Waals surface area contributed by atoms with Crippen LogP contribution in [0.2, 0.25) is 0 Å². The molecule has 0 fully saturated rings. The average Bonchev–Trinajstić information content (AvgIpc) is 2.03. The molecular weight excluding hydrogens is 174 g/mol. The first-order valence-electron chi connectivity index (χ1n) is 5.95. The summed E-state index contributed by atoms with van der Waals surface area (Å²) in [5.41, 5.74) is -0.489. The van der Waals surface area contributed by atoms with Gasteiger partial charge in [0.05, 0.1) is 5.60 Å². The maximum absolute atomic E-state index is 10.1. The van der Waals surface area contributed by atoms with Crippen molar-refractivity contribution in [2.75, 3.05) is 13.1 Å². The van der Waals surface area contributed by atoms with Gasteiger partial charge in [-0.2, -0.15) is 0 Å². The molecule has 0 aliphatic carbocycles. The maximum atomic E-state index is 10.1. The van der Waals surface area contributed by atoms with Gasteiger partial charge in [0.25, 0.3) is 0 Å². The van der Waals surface area contributed by atoms with Crippen LogP contribution in [-0.4, -0.2) is 23.8 Å². The fourth-order valence-electron chi connectivity index (χ4n) is 1.98.